The van der Waals surface area contributed by atoms with Gasteiger partial charge >= 0.3 is 0 Å². The van der Waals surface area contributed by atoms with E-state index in [0.717, 1.165) is 17.2 Å². The fourth-order valence-corrected chi connectivity index (χ4v) is 1.69. The molecule has 0 unspecified atom stereocenters. The van der Waals surface area contributed by atoms with Crippen LogP contribution >= 0.6 is 0 Å². The zero-order chi connectivity index (χ0) is 10.8. The molecule has 0 aliphatic carbocycles. The van der Waals surface area contributed by atoms with Gasteiger partial charge in [-0.3, -0.25) is 4.40 Å². The standard InChI is InChI=1S/C13H11N3/c1-2-6-11(7-3-1)15-13-10-14-12-8-4-5-9-16(12)13/h1-10,15H. The Morgan fingerprint density at radius 2 is 1.75 bits per heavy atom. The number of fused-ring (bicyclic) bond motifs is 1. The van der Waals surface area contributed by atoms with E-state index in [9.17, 15) is 0 Å². The summed E-state index contributed by atoms with van der Waals surface area (Å²) in [5, 5.41) is 3.33. The molecular weight excluding hydrogens is 198 g/mol. The van der Waals surface area contributed by atoms with E-state index >= 15 is 0 Å². The Bertz CT molecular complexity index is 599. The number of benzene rings is 1. The smallest absolute Gasteiger partial charge is 0.138 e. The van der Waals surface area contributed by atoms with Crippen molar-refractivity contribution in [1.29, 1.82) is 0 Å². The SMILES string of the molecule is c1ccc(Nc2cnc3ccccn23)cc1. The van der Waals surface area contributed by atoms with Gasteiger partial charge in [0, 0.05) is 11.9 Å². The van der Waals surface area contributed by atoms with Crippen LogP contribution in [0.1, 0.15) is 0 Å². The third-order valence-electron chi connectivity index (χ3n) is 2.46. The highest BCUT2D eigenvalue weighted by molar-refractivity contribution is 5.59. The first-order valence-corrected chi connectivity index (χ1v) is 5.18. The van der Waals surface area contributed by atoms with Gasteiger partial charge < -0.3 is 5.32 Å². The highest BCUT2D eigenvalue weighted by Crippen LogP contribution is 2.17. The quantitative estimate of drug-likeness (QED) is 0.702. The number of aromatic nitrogens is 2. The first kappa shape index (κ1) is 8.97. The molecule has 3 nitrogen and oxygen atoms in total. The zero-order valence-electron chi connectivity index (χ0n) is 8.67. The molecule has 0 fully saturated rings. The monoisotopic (exact) mass is 209 g/mol. The second-order valence-corrected chi connectivity index (χ2v) is 3.56. The van der Waals surface area contributed by atoms with E-state index in [2.05, 4.69) is 10.3 Å². The van der Waals surface area contributed by atoms with Gasteiger partial charge in [-0.15, -0.1) is 0 Å². The van der Waals surface area contributed by atoms with E-state index in [4.69, 9.17) is 0 Å². The number of hydrogen-bond donors (Lipinski definition) is 1. The Kier molecular flexibility index (Phi) is 2.07. The predicted octanol–water partition coefficient (Wildman–Crippen LogP) is 3.08. The number of imidazole rings is 1. The van der Waals surface area contributed by atoms with E-state index in [1.165, 1.54) is 0 Å². The van der Waals surface area contributed by atoms with E-state index in [0.29, 0.717) is 0 Å². The molecule has 0 amide bonds. The number of pyridine rings is 1. The number of rotatable bonds is 2. The van der Waals surface area contributed by atoms with Crippen molar-refractivity contribution in [3.05, 3.63) is 60.9 Å². The molecule has 0 aliphatic heterocycles. The van der Waals surface area contributed by atoms with Crippen molar-refractivity contribution < 1.29 is 0 Å². The molecule has 0 atom stereocenters. The minimum absolute atomic E-state index is 0.945. The third-order valence-corrected chi connectivity index (χ3v) is 2.46. The van der Waals surface area contributed by atoms with Gasteiger partial charge in [0.25, 0.3) is 0 Å². The fourth-order valence-electron chi connectivity index (χ4n) is 1.69. The fraction of sp³-hybridized carbons (Fsp3) is 0. The van der Waals surface area contributed by atoms with Crippen LogP contribution in [0.2, 0.25) is 0 Å². The molecular formula is C13H11N3. The normalized spacial score (nSPS) is 10.5. The number of para-hydroxylation sites is 1. The summed E-state index contributed by atoms with van der Waals surface area (Å²) in [6.45, 7) is 0. The lowest BCUT2D eigenvalue weighted by atomic mass is 10.3. The maximum atomic E-state index is 4.32. The Morgan fingerprint density at radius 1 is 0.938 bits per heavy atom. The summed E-state index contributed by atoms with van der Waals surface area (Å²) < 4.78 is 2.02. The van der Waals surface area contributed by atoms with Gasteiger partial charge in [0.15, 0.2) is 0 Å². The van der Waals surface area contributed by atoms with Crippen LogP contribution in [0.5, 0.6) is 0 Å². The molecule has 3 rings (SSSR count). The van der Waals surface area contributed by atoms with Crippen LogP contribution in [0.15, 0.2) is 60.9 Å². The molecule has 0 saturated carbocycles. The Labute approximate surface area is 93.4 Å². The highest BCUT2D eigenvalue weighted by Gasteiger charge is 2.01. The van der Waals surface area contributed by atoms with Gasteiger partial charge in [-0.05, 0) is 24.3 Å². The second-order valence-electron chi connectivity index (χ2n) is 3.56. The van der Waals surface area contributed by atoms with Gasteiger partial charge in [-0.1, -0.05) is 24.3 Å². The summed E-state index contributed by atoms with van der Waals surface area (Å²) in [5.74, 6) is 0.974. The van der Waals surface area contributed by atoms with Gasteiger partial charge in [-0.2, -0.15) is 0 Å². The lowest BCUT2D eigenvalue weighted by Gasteiger charge is -2.04. The summed E-state index contributed by atoms with van der Waals surface area (Å²) in [4.78, 5) is 4.32. The van der Waals surface area contributed by atoms with E-state index < -0.39 is 0 Å². The predicted molar refractivity (Wildman–Crippen MR) is 64.9 cm³/mol. The lowest BCUT2D eigenvalue weighted by Crippen LogP contribution is -1.93. The maximum Gasteiger partial charge on any atom is 0.138 e. The molecule has 3 aromatic rings. The first-order chi connectivity index (χ1) is 7.93. The van der Waals surface area contributed by atoms with Gasteiger partial charge in [0.1, 0.15) is 11.5 Å². The van der Waals surface area contributed by atoms with Crippen molar-refractivity contribution in [3.8, 4) is 0 Å². The molecule has 0 bridgehead atoms. The third kappa shape index (κ3) is 1.52. The van der Waals surface area contributed by atoms with E-state index in [1.54, 1.807) is 0 Å². The molecule has 1 N–H and O–H groups in total. The van der Waals surface area contributed by atoms with Crippen molar-refractivity contribution in [2.24, 2.45) is 0 Å². The summed E-state index contributed by atoms with van der Waals surface area (Å²) in [6, 6.07) is 16.0. The molecule has 78 valence electrons. The van der Waals surface area contributed by atoms with Crippen LogP contribution in [0.3, 0.4) is 0 Å². The van der Waals surface area contributed by atoms with Crippen LogP contribution in [0.4, 0.5) is 11.5 Å². The Balaban J connectivity index is 2.01. The summed E-state index contributed by atoms with van der Waals surface area (Å²) in [5.41, 5.74) is 2.01. The van der Waals surface area contributed by atoms with Gasteiger partial charge in [-0.25, -0.2) is 4.98 Å². The van der Waals surface area contributed by atoms with Gasteiger partial charge in [0.2, 0.25) is 0 Å². The minimum atomic E-state index is 0.945. The minimum Gasteiger partial charge on any atom is -0.340 e. The van der Waals surface area contributed by atoms with Crippen molar-refractivity contribution in [1.82, 2.24) is 9.38 Å². The lowest BCUT2D eigenvalue weighted by molar-refractivity contribution is 1.18. The van der Waals surface area contributed by atoms with E-state index in [-0.39, 0.29) is 0 Å². The summed E-state index contributed by atoms with van der Waals surface area (Å²) >= 11 is 0. The Hall–Kier alpha value is -2.29. The van der Waals surface area contributed by atoms with Crippen LogP contribution < -0.4 is 5.32 Å². The number of nitrogens with zero attached hydrogens (tertiary/aromatic N) is 2. The molecule has 0 radical (unpaired) electrons. The van der Waals surface area contributed by atoms with Crippen LogP contribution in [-0.4, -0.2) is 9.38 Å². The average Bonchev–Trinajstić information content (AvgIpc) is 2.74. The number of hydrogen-bond acceptors (Lipinski definition) is 2. The summed E-state index contributed by atoms with van der Waals surface area (Å²) in [7, 11) is 0. The van der Waals surface area contributed by atoms with Crippen molar-refractivity contribution in [2.45, 2.75) is 0 Å². The Morgan fingerprint density at radius 3 is 2.62 bits per heavy atom. The van der Waals surface area contributed by atoms with Crippen LogP contribution in [0.25, 0.3) is 5.65 Å². The summed E-state index contributed by atoms with van der Waals surface area (Å²) in [6.07, 6.45) is 3.83. The van der Waals surface area contributed by atoms with Crippen molar-refractivity contribution in [2.75, 3.05) is 5.32 Å². The second kappa shape index (κ2) is 3.70. The molecule has 2 heterocycles. The van der Waals surface area contributed by atoms with E-state index in [1.807, 2.05) is 65.3 Å². The van der Waals surface area contributed by atoms with Gasteiger partial charge in [0.05, 0.1) is 6.20 Å². The van der Waals surface area contributed by atoms with Crippen LogP contribution in [-0.2, 0) is 0 Å². The molecule has 0 saturated heterocycles. The largest absolute Gasteiger partial charge is 0.340 e. The van der Waals surface area contributed by atoms with Crippen molar-refractivity contribution >= 4 is 17.2 Å². The topological polar surface area (TPSA) is 29.3 Å². The number of anilines is 2. The molecule has 1 aromatic carbocycles. The molecule has 3 heteroatoms. The highest BCUT2D eigenvalue weighted by atomic mass is 15.1. The first-order valence-electron chi connectivity index (χ1n) is 5.18. The molecule has 0 aliphatic rings. The molecule has 16 heavy (non-hydrogen) atoms. The zero-order valence-corrected chi connectivity index (χ0v) is 8.67. The molecule has 0 spiro atoms. The number of nitrogens with one attached hydrogen (secondary N) is 1. The molecule has 2 aromatic heterocycles. The maximum absolute atomic E-state index is 4.32. The van der Waals surface area contributed by atoms with Crippen molar-refractivity contribution in [3.63, 3.8) is 0 Å². The average molecular weight is 209 g/mol. The van der Waals surface area contributed by atoms with Crippen LogP contribution in [0, 0.1) is 0 Å².